The lowest BCUT2D eigenvalue weighted by Gasteiger charge is -2.32. The highest BCUT2D eigenvalue weighted by Crippen LogP contribution is 2.23. The second-order valence-electron chi connectivity index (χ2n) is 7.92. The molecule has 2 aliphatic heterocycles. The van der Waals surface area contributed by atoms with Crippen molar-refractivity contribution in [3.63, 3.8) is 0 Å². The zero-order valence-corrected chi connectivity index (χ0v) is 17.1. The van der Waals surface area contributed by atoms with Crippen LogP contribution in [0.25, 0.3) is 0 Å². The summed E-state index contributed by atoms with van der Waals surface area (Å²) in [5, 5.41) is 2.95. The van der Waals surface area contributed by atoms with Gasteiger partial charge < -0.3 is 19.7 Å². The number of ether oxygens (including phenoxy) is 2. The second-order valence-corrected chi connectivity index (χ2v) is 7.92. The lowest BCUT2D eigenvalue weighted by molar-refractivity contribution is -0.121. The lowest BCUT2D eigenvalue weighted by atomic mass is 9.96. The summed E-state index contributed by atoms with van der Waals surface area (Å²) in [6, 6.07) is 16.7. The molecule has 2 aliphatic rings. The van der Waals surface area contributed by atoms with Gasteiger partial charge in [-0.05, 0) is 56.0 Å². The van der Waals surface area contributed by atoms with Gasteiger partial charge in [0.15, 0.2) is 0 Å². The topological polar surface area (TPSA) is 67.9 Å². The van der Waals surface area contributed by atoms with Gasteiger partial charge in [0.25, 0.3) is 5.91 Å². The van der Waals surface area contributed by atoms with Crippen molar-refractivity contribution >= 4 is 17.5 Å². The van der Waals surface area contributed by atoms with E-state index >= 15 is 0 Å². The van der Waals surface area contributed by atoms with Gasteiger partial charge in [0.05, 0.1) is 12.0 Å². The number of hydrogen-bond acceptors (Lipinski definition) is 4. The summed E-state index contributed by atoms with van der Waals surface area (Å²) in [7, 11) is 0. The summed E-state index contributed by atoms with van der Waals surface area (Å²) in [5.41, 5.74) is 1.37. The third-order valence-corrected chi connectivity index (χ3v) is 5.66. The Kier molecular flexibility index (Phi) is 6.64. The Morgan fingerprint density at radius 2 is 1.93 bits per heavy atom. The van der Waals surface area contributed by atoms with Gasteiger partial charge in [0, 0.05) is 30.9 Å². The predicted molar refractivity (Wildman–Crippen MR) is 115 cm³/mol. The molecule has 0 aromatic heterocycles. The van der Waals surface area contributed by atoms with E-state index in [0.717, 1.165) is 38.0 Å². The number of likely N-dealkylation sites (tertiary alicyclic amines) is 1. The molecule has 0 radical (unpaired) electrons. The highest BCUT2D eigenvalue weighted by atomic mass is 16.5. The summed E-state index contributed by atoms with van der Waals surface area (Å²) >= 11 is 0. The van der Waals surface area contributed by atoms with Gasteiger partial charge in [-0.15, -0.1) is 0 Å². The van der Waals surface area contributed by atoms with E-state index in [2.05, 4.69) is 5.32 Å². The molecule has 2 saturated heterocycles. The number of rotatable bonds is 6. The van der Waals surface area contributed by atoms with Crippen LogP contribution in [0, 0.1) is 5.92 Å². The Balaban J connectivity index is 1.35. The zero-order chi connectivity index (χ0) is 20.8. The lowest BCUT2D eigenvalue weighted by Crippen LogP contribution is -2.43. The smallest absolute Gasteiger partial charge is 0.254 e. The molecule has 2 aromatic carbocycles. The third kappa shape index (κ3) is 5.19. The zero-order valence-electron chi connectivity index (χ0n) is 17.1. The molecule has 1 N–H and O–H groups in total. The van der Waals surface area contributed by atoms with Crippen LogP contribution in [-0.4, -0.2) is 49.1 Å². The highest BCUT2D eigenvalue weighted by Gasteiger charge is 2.29. The first-order valence-electron chi connectivity index (χ1n) is 10.7. The van der Waals surface area contributed by atoms with Crippen LogP contribution in [0.1, 0.15) is 36.0 Å². The first kappa shape index (κ1) is 20.4. The van der Waals surface area contributed by atoms with Crippen LogP contribution in [0.3, 0.4) is 0 Å². The van der Waals surface area contributed by atoms with Crippen LogP contribution in [0.2, 0.25) is 0 Å². The predicted octanol–water partition coefficient (Wildman–Crippen LogP) is 3.74. The Hall–Kier alpha value is -2.86. The maximum absolute atomic E-state index is 13.1. The Labute approximate surface area is 177 Å². The van der Waals surface area contributed by atoms with E-state index in [4.69, 9.17) is 9.47 Å². The van der Waals surface area contributed by atoms with E-state index in [1.807, 2.05) is 42.5 Å². The Bertz CT molecular complexity index is 865. The minimum absolute atomic E-state index is 0.0349. The molecule has 2 fully saturated rings. The van der Waals surface area contributed by atoms with Crippen molar-refractivity contribution in [2.24, 2.45) is 5.92 Å². The van der Waals surface area contributed by atoms with E-state index in [1.165, 1.54) is 0 Å². The number of carbonyl (C=O) groups is 2. The molecule has 0 saturated carbocycles. The number of benzene rings is 2. The average Bonchev–Trinajstić information content (AvgIpc) is 3.32. The van der Waals surface area contributed by atoms with Crippen molar-refractivity contribution in [1.82, 2.24) is 4.90 Å². The fourth-order valence-corrected chi connectivity index (χ4v) is 4.01. The van der Waals surface area contributed by atoms with Crippen LogP contribution in [0.4, 0.5) is 5.69 Å². The normalized spacial score (nSPS) is 21.3. The quantitative estimate of drug-likeness (QED) is 0.791. The average molecular weight is 408 g/mol. The van der Waals surface area contributed by atoms with Gasteiger partial charge in [-0.1, -0.05) is 24.3 Å². The van der Waals surface area contributed by atoms with Crippen LogP contribution in [0.5, 0.6) is 5.75 Å². The van der Waals surface area contributed by atoms with Crippen LogP contribution < -0.4 is 10.1 Å². The summed E-state index contributed by atoms with van der Waals surface area (Å²) in [5.74, 6) is 0.371. The molecule has 2 atom stereocenters. The molecule has 2 heterocycles. The summed E-state index contributed by atoms with van der Waals surface area (Å²) in [4.78, 5) is 27.5. The molecule has 0 aliphatic carbocycles. The molecular weight excluding hydrogens is 380 g/mol. The standard InChI is InChI=1S/C24H28N2O4/c27-23(25-20-9-2-1-3-10-20)19-8-5-13-26(16-19)24(28)18-7-4-11-21(15-18)30-17-22-12-6-14-29-22/h1-4,7,9-11,15,19,22H,5-6,8,12-14,16-17H2,(H,25,27). The Morgan fingerprint density at radius 3 is 2.73 bits per heavy atom. The van der Waals surface area contributed by atoms with Gasteiger partial charge in [-0.25, -0.2) is 0 Å². The van der Waals surface area contributed by atoms with Crippen molar-refractivity contribution in [2.75, 3.05) is 31.6 Å². The maximum Gasteiger partial charge on any atom is 0.254 e. The number of nitrogens with one attached hydrogen (secondary N) is 1. The van der Waals surface area contributed by atoms with Gasteiger partial charge in [-0.3, -0.25) is 9.59 Å². The Morgan fingerprint density at radius 1 is 1.07 bits per heavy atom. The fraction of sp³-hybridized carbons (Fsp3) is 0.417. The van der Waals surface area contributed by atoms with Crippen LogP contribution in [0.15, 0.2) is 54.6 Å². The molecule has 2 aromatic rings. The highest BCUT2D eigenvalue weighted by molar-refractivity contribution is 5.96. The molecular formula is C24H28N2O4. The number of anilines is 1. The maximum atomic E-state index is 13.1. The summed E-state index contributed by atoms with van der Waals surface area (Å²) in [6.45, 7) is 2.39. The monoisotopic (exact) mass is 408 g/mol. The van der Waals surface area contributed by atoms with Crippen molar-refractivity contribution in [2.45, 2.75) is 31.8 Å². The van der Waals surface area contributed by atoms with Crippen molar-refractivity contribution in [3.8, 4) is 5.75 Å². The number of para-hydroxylation sites is 1. The van der Waals surface area contributed by atoms with Crippen LogP contribution >= 0.6 is 0 Å². The first-order chi connectivity index (χ1) is 14.7. The molecule has 30 heavy (non-hydrogen) atoms. The minimum Gasteiger partial charge on any atom is -0.491 e. The number of nitrogens with zero attached hydrogens (tertiary/aromatic N) is 1. The van der Waals surface area contributed by atoms with E-state index in [0.29, 0.717) is 31.0 Å². The van der Waals surface area contributed by atoms with Gasteiger partial charge >= 0.3 is 0 Å². The fourth-order valence-electron chi connectivity index (χ4n) is 4.01. The third-order valence-electron chi connectivity index (χ3n) is 5.66. The molecule has 4 rings (SSSR count). The summed E-state index contributed by atoms with van der Waals surface area (Å²) < 4.78 is 11.4. The number of piperidine rings is 1. The first-order valence-corrected chi connectivity index (χ1v) is 10.7. The molecule has 6 nitrogen and oxygen atoms in total. The number of carbonyl (C=O) groups excluding carboxylic acids is 2. The second kappa shape index (κ2) is 9.76. The molecule has 0 bridgehead atoms. The minimum atomic E-state index is -0.207. The van der Waals surface area contributed by atoms with E-state index in [1.54, 1.807) is 17.0 Å². The van der Waals surface area contributed by atoms with Gasteiger partial charge in [0.1, 0.15) is 12.4 Å². The van der Waals surface area contributed by atoms with Crippen molar-refractivity contribution in [3.05, 3.63) is 60.2 Å². The van der Waals surface area contributed by atoms with E-state index < -0.39 is 0 Å². The van der Waals surface area contributed by atoms with Gasteiger partial charge in [0.2, 0.25) is 5.91 Å². The molecule has 6 heteroatoms. The molecule has 2 amide bonds. The molecule has 2 unspecified atom stereocenters. The number of hydrogen-bond donors (Lipinski definition) is 1. The largest absolute Gasteiger partial charge is 0.491 e. The van der Waals surface area contributed by atoms with E-state index in [9.17, 15) is 9.59 Å². The van der Waals surface area contributed by atoms with Crippen molar-refractivity contribution < 1.29 is 19.1 Å². The summed E-state index contributed by atoms with van der Waals surface area (Å²) in [6.07, 6.45) is 3.82. The molecule has 0 spiro atoms. The molecule has 158 valence electrons. The number of amides is 2. The van der Waals surface area contributed by atoms with Crippen LogP contribution in [-0.2, 0) is 9.53 Å². The van der Waals surface area contributed by atoms with Gasteiger partial charge in [-0.2, -0.15) is 0 Å². The van der Waals surface area contributed by atoms with Crippen molar-refractivity contribution in [1.29, 1.82) is 0 Å². The SMILES string of the molecule is O=C(Nc1ccccc1)C1CCCN(C(=O)c2cccc(OCC3CCCO3)c2)C1. The van der Waals surface area contributed by atoms with E-state index in [-0.39, 0.29) is 23.8 Å².